The smallest absolute Gasteiger partial charge is 0.407 e. The Morgan fingerprint density at radius 2 is 2.14 bits per heavy atom. The first kappa shape index (κ1) is 17.4. The van der Waals surface area contributed by atoms with Crippen LogP contribution in [-0.4, -0.2) is 32.0 Å². The zero-order chi connectivity index (χ0) is 15.7. The number of nitrogens with one attached hydrogen (secondary N) is 1. The Kier molecular flexibility index (Phi) is 7.75. The van der Waals surface area contributed by atoms with E-state index in [-0.39, 0.29) is 6.10 Å². The first-order valence-corrected chi connectivity index (χ1v) is 7.44. The summed E-state index contributed by atoms with van der Waals surface area (Å²) >= 11 is 6.14. The van der Waals surface area contributed by atoms with E-state index >= 15 is 0 Å². The predicted molar refractivity (Wildman–Crippen MR) is 82.4 cm³/mol. The summed E-state index contributed by atoms with van der Waals surface area (Å²) in [5.74, 6) is 1.27. The molecule has 21 heavy (non-hydrogen) atoms. The number of carbonyl (C=O) groups excluding carboxylic acids is 1. The third-order valence-corrected chi connectivity index (χ3v) is 3.02. The molecule has 1 unspecified atom stereocenters. The molecule has 0 bridgehead atoms. The normalized spacial score (nSPS) is 11.6. The molecule has 0 aliphatic carbocycles. The molecule has 0 aromatic heterocycles. The molecule has 0 heterocycles. The standard InChI is InChI=1S/C15H22ClNO4/c1-4-11(3)21-14-7-6-12(10-13(14)16)20-9-8-17-15(18)19-5-2/h6-7,10-11H,4-5,8-9H2,1-3H3,(H,17,18). The second kappa shape index (κ2) is 9.34. The maximum absolute atomic E-state index is 11.1. The molecule has 0 radical (unpaired) electrons. The lowest BCUT2D eigenvalue weighted by Crippen LogP contribution is -2.28. The molecule has 0 aliphatic rings. The molecule has 1 aromatic rings. The summed E-state index contributed by atoms with van der Waals surface area (Å²) in [7, 11) is 0. The van der Waals surface area contributed by atoms with Crippen LogP contribution >= 0.6 is 11.6 Å². The zero-order valence-electron chi connectivity index (χ0n) is 12.6. The maximum atomic E-state index is 11.1. The van der Waals surface area contributed by atoms with Gasteiger partial charge in [-0.3, -0.25) is 0 Å². The fourth-order valence-corrected chi connectivity index (χ4v) is 1.69. The molecule has 1 rings (SSSR count). The average molecular weight is 316 g/mol. The van der Waals surface area contributed by atoms with Gasteiger partial charge in [0.1, 0.15) is 18.1 Å². The van der Waals surface area contributed by atoms with E-state index < -0.39 is 6.09 Å². The van der Waals surface area contributed by atoms with Gasteiger partial charge < -0.3 is 19.5 Å². The van der Waals surface area contributed by atoms with Gasteiger partial charge in [-0.1, -0.05) is 18.5 Å². The van der Waals surface area contributed by atoms with E-state index in [1.54, 1.807) is 25.1 Å². The van der Waals surface area contributed by atoms with Crippen molar-refractivity contribution in [3.8, 4) is 11.5 Å². The second-order valence-electron chi connectivity index (χ2n) is 4.42. The third-order valence-electron chi connectivity index (χ3n) is 2.72. The van der Waals surface area contributed by atoms with Crippen LogP contribution in [0.3, 0.4) is 0 Å². The molecule has 6 heteroatoms. The van der Waals surface area contributed by atoms with Crippen molar-refractivity contribution in [1.82, 2.24) is 5.32 Å². The van der Waals surface area contributed by atoms with Crippen LogP contribution < -0.4 is 14.8 Å². The van der Waals surface area contributed by atoms with Crippen LogP contribution in [0.4, 0.5) is 4.79 Å². The topological polar surface area (TPSA) is 56.8 Å². The quantitative estimate of drug-likeness (QED) is 0.744. The number of ether oxygens (including phenoxy) is 3. The zero-order valence-corrected chi connectivity index (χ0v) is 13.4. The van der Waals surface area contributed by atoms with E-state index in [0.29, 0.717) is 36.3 Å². The van der Waals surface area contributed by atoms with E-state index in [1.165, 1.54) is 0 Å². The van der Waals surface area contributed by atoms with Crippen molar-refractivity contribution >= 4 is 17.7 Å². The molecular formula is C15H22ClNO4. The Morgan fingerprint density at radius 3 is 2.76 bits per heavy atom. The Hall–Kier alpha value is -1.62. The molecule has 0 spiro atoms. The number of benzene rings is 1. The molecular weight excluding hydrogens is 294 g/mol. The van der Waals surface area contributed by atoms with Crippen molar-refractivity contribution in [2.24, 2.45) is 0 Å². The minimum Gasteiger partial charge on any atom is -0.492 e. The lowest BCUT2D eigenvalue weighted by molar-refractivity contribution is 0.150. The van der Waals surface area contributed by atoms with E-state index in [4.69, 9.17) is 25.8 Å². The van der Waals surface area contributed by atoms with Crippen LogP contribution in [0.1, 0.15) is 27.2 Å². The molecule has 0 fully saturated rings. The Morgan fingerprint density at radius 1 is 1.38 bits per heavy atom. The van der Waals surface area contributed by atoms with Gasteiger partial charge in [-0.25, -0.2) is 4.79 Å². The highest BCUT2D eigenvalue weighted by molar-refractivity contribution is 6.32. The number of carbonyl (C=O) groups is 1. The molecule has 1 N–H and O–H groups in total. The summed E-state index contributed by atoms with van der Waals surface area (Å²) in [5, 5.41) is 3.08. The number of hydrogen-bond donors (Lipinski definition) is 1. The maximum Gasteiger partial charge on any atom is 0.407 e. The lowest BCUT2D eigenvalue weighted by Gasteiger charge is -2.14. The van der Waals surface area contributed by atoms with Crippen LogP contribution in [0.2, 0.25) is 5.02 Å². The monoisotopic (exact) mass is 315 g/mol. The lowest BCUT2D eigenvalue weighted by atomic mass is 10.3. The number of hydrogen-bond acceptors (Lipinski definition) is 4. The molecule has 0 saturated heterocycles. The highest BCUT2D eigenvalue weighted by Gasteiger charge is 2.07. The van der Waals surface area contributed by atoms with Crippen molar-refractivity contribution in [1.29, 1.82) is 0 Å². The van der Waals surface area contributed by atoms with Gasteiger partial charge >= 0.3 is 6.09 Å². The van der Waals surface area contributed by atoms with Crippen molar-refractivity contribution in [3.05, 3.63) is 23.2 Å². The number of halogens is 1. The average Bonchev–Trinajstić information content (AvgIpc) is 2.46. The van der Waals surface area contributed by atoms with Crippen LogP contribution in [0.5, 0.6) is 11.5 Å². The largest absolute Gasteiger partial charge is 0.492 e. The Balaban J connectivity index is 2.40. The van der Waals surface area contributed by atoms with Gasteiger partial charge in [-0.2, -0.15) is 0 Å². The predicted octanol–water partition coefficient (Wildman–Crippen LogP) is 3.64. The van der Waals surface area contributed by atoms with E-state index in [2.05, 4.69) is 5.32 Å². The van der Waals surface area contributed by atoms with Crippen LogP contribution in [0, 0.1) is 0 Å². The third kappa shape index (κ3) is 6.58. The van der Waals surface area contributed by atoms with E-state index in [1.807, 2.05) is 13.8 Å². The van der Waals surface area contributed by atoms with Crippen molar-refractivity contribution in [2.45, 2.75) is 33.3 Å². The van der Waals surface area contributed by atoms with Gasteiger partial charge in [0.05, 0.1) is 24.3 Å². The van der Waals surface area contributed by atoms with Crippen LogP contribution in [-0.2, 0) is 4.74 Å². The fourth-order valence-electron chi connectivity index (χ4n) is 1.47. The number of amides is 1. The molecule has 118 valence electrons. The summed E-state index contributed by atoms with van der Waals surface area (Å²) in [6, 6.07) is 5.26. The van der Waals surface area contributed by atoms with Gasteiger partial charge in [0.25, 0.3) is 0 Å². The molecule has 0 saturated carbocycles. The van der Waals surface area contributed by atoms with E-state index in [9.17, 15) is 4.79 Å². The summed E-state index contributed by atoms with van der Waals surface area (Å²) < 4.78 is 15.9. The Bertz CT molecular complexity index is 453. The van der Waals surface area contributed by atoms with Gasteiger partial charge in [-0.15, -0.1) is 0 Å². The molecule has 1 amide bonds. The van der Waals surface area contributed by atoms with Crippen LogP contribution in [0.15, 0.2) is 18.2 Å². The van der Waals surface area contributed by atoms with Crippen molar-refractivity contribution < 1.29 is 19.0 Å². The molecule has 5 nitrogen and oxygen atoms in total. The fraction of sp³-hybridized carbons (Fsp3) is 0.533. The first-order chi connectivity index (χ1) is 10.1. The molecule has 0 aliphatic heterocycles. The second-order valence-corrected chi connectivity index (χ2v) is 4.83. The summed E-state index contributed by atoms with van der Waals surface area (Å²) in [6.45, 7) is 6.83. The summed E-state index contributed by atoms with van der Waals surface area (Å²) in [5.41, 5.74) is 0. The van der Waals surface area contributed by atoms with Gasteiger partial charge in [0.2, 0.25) is 0 Å². The summed E-state index contributed by atoms with van der Waals surface area (Å²) in [4.78, 5) is 11.1. The first-order valence-electron chi connectivity index (χ1n) is 7.06. The highest BCUT2D eigenvalue weighted by atomic mass is 35.5. The van der Waals surface area contributed by atoms with Crippen LogP contribution in [0.25, 0.3) is 0 Å². The van der Waals surface area contributed by atoms with E-state index in [0.717, 1.165) is 6.42 Å². The summed E-state index contributed by atoms with van der Waals surface area (Å²) in [6.07, 6.45) is 0.577. The number of alkyl carbamates (subject to hydrolysis) is 1. The minimum absolute atomic E-state index is 0.114. The Labute approximate surface area is 130 Å². The highest BCUT2D eigenvalue weighted by Crippen LogP contribution is 2.29. The van der Waals surface area contributed by atoms with Crippen molar-refractivity contribution in [3.63, 3.8) is 0 Å². The van der Waals surface area contributed by atoms with Gasteiger partial charge in [0, 0.05) is 6.07 Å². The SMILES string of the molecule is CCOC(=O)NCCOc1ccc(OC(C)CC)c(Cl)c1. The van der Waals surface area contributed by atoms with Crippen molar-refractivity contribution in [2.75, 3.05) is 19.8 Å². The van der Waals surface area contributed by atoms with Gasteiger partial charge in [-0.05, 0) is 32.4 Å². The van der Waals surface area contributed by atoms with Gasteiger partial charge in [0.15, 0.2) is 0 Å². The molecule has 1 aromatic carbocycles. The number of rotatable bonds is 8. The molecule has 1 atom stereocenters. The minimum atomic E-state index is -0.448.